The van der Waals surface area contributed by atoms with E-state index < -0.39 is 5.82 Å². The normalized spacial score (nSPS) is 10.0. The van der Waals surface area contributed by atoms with Gasteiger partial charge in [0.25, 0.3) is 0 Å². The van der Waals surface area contributed by atoms with Gasteiger partial charge in [-0.15, -0.1) is 0 Å². The Kier molecular flexibility index (Phi) is 4.15. The average Bonchev–Trinajstić information content (AvgIpc) is 2.15. The summed E-state index contributed by atoms with van der Waals surface area (Å²) in [7, 11) is 0. The van der Waals surface area contributed by atoms with Crippen LogP contribution in [0.4, 0.5) is 10.3 Å². The van der Waals surface area contributed by atoms with Gasteiger partial charge in [-0.1, -0.05) is 19.8 Å². The molecular formula is C9H14FN3. The maximum Gasteiger partial charge on any atom is 0.222 e. The molecular weight excluding hydrogens is 169 g/mol. The molecule has 3 nitrogen and oxygen atoms in total. The molecule has 0 aliphatic heterocycles. The van der Waals surface area contributed by atoms with Crippen molar-refractivity contribution in [3.05, 3.63) is 18.2 Å². The van der Waals surface area contributed by atoms with Crippen molar-refractivity contribution >= 4 is 5.95 Å². The first-order chi connectivity index (χ1) is 6.33. The summed E-state index contributed by atoms with van der Waals surface area (Å²) >= 11 is 0. The quantitative estimate of drug-likeness (QED) is 0.711. The van der Waals surface area contributed by atoms with Crippen LogP contribution in [0.1, 0.15) is 26.2 Å². The van der Waals surface area contributed by atoms with Crippen molar-refractivity contribution in [2.45, 2.75) is 26.2 Å². The summed E-state index contributed by atoms with van der Waals surface area (Å²) in [6.07, 6.45) is 5.79. The van der Waals surface area contributed by atoms with Gasteiger partial charge in [0.1, 0.15) is 0 Å². The van der Waals surface area contributed by atoms with E-state index in [1.54, 1.807) is 0 Å². The second-order valence-corrected chi connectivity index (χ2v) is 2.86. The minimum absolute atomic E-state index is 0.404. The molecule has 0 saturated carbocycles. The molecule has 0 saturated heterocycles. The lowest BCUT2D eigenvalue weighted by molar-refractivity contribution is 0.613. The van der Waals surface area contributed by atoms with E-state index in [1.165, 1.54) is 12.8 Å². The molecule has 0 radical (unpaired) electrons. The molecule has 0 aliphatic rings. The van der Waals surface area contributed by atoms with E-state index in [9.17, 15) is 4.39 Å². The number of aromatic nitrogens is 2. The average molecular weight is 183 g/mol. The zero-order valence-corrected chi connectivity index (χ0v) is 7.76. The van der Waals surface area contributed by atoms with E-state index in [1.807, 2.05) is 0 Å². The van der Waals surface area contributed by atoms with Crippen molar-refractivity contribution in [2.24, 2.45) is 0 Å². The largest absolute Gasteiger partial charge is 0.354 e. The third-order valence-electron chi connectivity index (χ3n) is 1.68. The van der Waals surface area contributed by atoms with Crippen LogP contribution in [0.3, 0.4) is 0 Å². The number of rotatable bonds is 5. The minimum Gasteiger partial charge on any atom is -0.354 e. The molecule has 13 heavy (non-hydrogen) atoms. The Bertz CT molecular complexity index is 235. The van der Waals surface area contributed by atoms with Crippen molar-refractivity contribution in [1.29, 1.82) is 0 Å². The van der Waals surface area contributed by atoms with Gasteiger partial charge in [0.2, 0.25) is 5.95 Å². The molecule has 0 amide bonds. The molecule has 0 bridgehead atoms. The molecule has 4 heteroatoms. The van der Waals surface area contributed by atoms with E-state index >= 15 is 0 Å². The Morgan fingerprint density at radius 2 is 2.00 bits per heavy atom. The summed E-state index contributed by atoms with van der Waals surface area (Å²) in [5, 5.41) is 3.02. The molecule has 72 valence electrons. The Morgan fingerprint density at radius 1 is 1.31 bits per heavy atom. The number of hydrogen-bond donors (Lipinski definition) is 1. The molecule has 1 rings (SSSR count). The predicted molar refractivity (Wildman–Crippen MR) is 50.0 cm³/mol. The fraction of sp³-hybridized carbons (Fsp3) is 0.556. The minimum atomic E-state index is -0.404. The molecule has 0 fully saturated rings. The van der Waals surface area contributed by atoms with E-state index in [2.05, 4.69) is 22.2 Å². The Morgan fingerprint density at radius 3 is 2.62 bits per heavy atom. The molecule has 0 aromatic carbocycles. The van der Waals surface area contributed by atoms with E-state index in [4.69, 9.17) is 0 Å². The molecule has 1 aromatic rings. The molecule has 0 spiro atoms. The van der Waals surface area contributed by atoms with Gasteiger partial charge in [-0.2, -0.15) is 0 Å². The van der Waals surface area contributed by atoms with Gasteiger partial charge >= 0.3 is 0 Å². The fourth-order valence-corrected chi connectivity index (χ4v) is 0.979. The van der Waals surface area contributed by atoms with Crippen molar-refractivity contribution in [3.63, 3.8) is 0 Å². The van der Waals surface area contributed by atoms with Crippen LogP contribution in [0.15, 0.2) is 12.4 Å². The van der Waals surface area contributed by atoms with Crippen molar-refractivity contribution in [3.8, 4) is 0 Å². The number of nitrogens with one attached hydrogen (secondary N) is 1. The van der Waals surface area contributed by atoms with Gasteiger partial charge in [0.15, 0.2) is 5.82 Å². The van der Waals surface area contributed by atoms with Gasteiger partial charge in [0, 0.05) is 6.54 Å². The molecule has 0 aliphatic carbocycles. The van der Waals surface area contributed by atoms with Crippen LogP contribution < -0.4 is 5.32 Å². The maximum absolute atomic E-state index is 12.4. The lowest BCUT2D eigenvalue weighted by atomic mass is 10.2. The Labute approximate surface area is 77.4 Å². The van der Waals surface area contributed by atoms with E-state index in [0.717, 1.165) is 25.4 Å². The summed E-state index contributed by atoms with van der Waals surface area (Å²) in [4.78, 5) is 7.56. The second-order valence-electron chi connectivity index (χ2n) is 2.86. The second kappa shape index (κ2) is 5.45. The van der Waals surface area contributed by atoms with Gasteiger partial charge in [-0.25, -0.2) is 14.4 Å². The highest BCUT2D eigenvalue weighted by Crippen LogP contribution is 1.99. The van der Waals surface area contributed by atoms with E-state index in [0.29, 0.717) is 5.95 Å². The first-order valence-corrected chi connectivity index (χ1v) is 4.54. The first-order valence-electron chi connectivity index (χ1n) is 4.54. The van der Waals surface area contributed by atoms with E-state index in [-0.39, 0.29) is 0 Å². The SMILES string of the molecule is CCCCCNc1ncc(F)cn1. The topological polar surface area (TPSA) is 37.8 Å². The Hall–Kier alpha value is -1.19. The van der Waals surface area contributed by atoms with Gasteiger partial charge in [-0.3, -0.25) is 0 Å². The van der Waals surface area contributed by atoms with Crippen LogP contribution in [0, 0.1) is 5.82 Å². The van der Waals surface area contributed by atoms with Crippen LogP contribution in [0.2, 0.25) is 0 Å². The van der Waals surface area contributed by atoms with Crippen LogP contribution >= 0.6 is 0 Å². The smallest absolute Gasteiger partial charge is 0.222 e. The summed E-state index contributed by atoms with van der Waals surface area (Å²) in [5.41, 5.74) is 0. The highest BCUT2D eigenvalue weighted by Gasteiger charge is 1.94. The zero-order valence-electron chi connectivity index (χ0n) is 7.76. The lowest BCUT2D eigenvalue weighted by Gasteiger charge is -2.02. The van der Waals surface area contributed by atoms with Gasteiger partial charge in [-0.05, 0) is 6.42 Å². The van der Waals surface area contributed by atoms with Crippen molar-refractivity contribution in [2.75, 3.05) is 11.9 Å². The molecule has 1 aromatic heterocycles. The number of anilines is 1. The number of nitrogens with zero attached hydrogens (tertiary/aromatic N) is 2. The van der Waals surface area contributed by atoms with Crippen LogP contribution in [0.25, 0.3) is 0 Å². The van der Waals surface area contributed by atoms with Crippen molar-refractivity contribution < 1.29 is 4.39 Å². The maximum atomic E-state index is 12.4. The zero-order chi connectivity index (χ0) is 9.52. The van der Waals surface area contributed by atoms with Gasteiger partial charge in [0.05, 0.1) is 12.4 Å². The summed E-state index contributed by atoms with van der Waals surface area (Å²) in [6.45, 7) is 2.99. The summed E-state index contributed by atoms with van der Waals surface area (Å²) in [6, 6.07) is 0. The molecule has 1 N–H and O–H groups in total. The predicted octanol–water partition coefficient (Wildman–Crippen LogP) is 2.22. The van der Waals surface area contributed by atoms with Crippen molar-refractivity contribution in [1.82, 2.24) is 9.97 Å². The fourth-order valence-electron chi connectivity index (χ4n) is 0.979. The molecule has 1 heterocycles. The Balaban J connectivity index is 2.25. The van der Waals surface area contributed by atoms with Crippen LogP contribution in [0.5, 0.6) is 0 Å². The summed E-state index contributed by atoms with van der Waals surface area (Å²) < 4.78 is 12.4. The molecule has 0 unspecified atom stereocenters. The number of hydrogen-bond acceptors (Lipinski definition) is 3. The van der Waals surface area contributed by atoms with Crippen LogP contribution in [-0.4, -0.2) is 16.5 Å². The third-order valence-corrected chi connectivity index (χ3v) is 1.68. The lowest BCUT2D eigenvalue weighted by Crippen LogP contribution is -2.04. The molecule has 0 atom stereocenters. The number of halogens is 1. The standard InChI is InChI=1S/C9H14FN3/c1-2-3-4-5-11-9-12-6-8(10)7-13-9/h6-7H,2-5H2,1H3,(H,11,12,13). The van der Waals surface area contributed by atoms with Gasteiger partial charge < -0.3 is 5.32 Å². The third kappa shape index (κ3) is 3.83. The van der Waals surface area contributed by atoms with Crippen LogP contribution in [-0.2, 0) is 0 Å². The monoisotopic (exact) mass is 183 g/mol. The number of unbranched alkanes of at least 4 members (excludes halogenated alkanes) is 2. The highest BCUT2D eigenvalue weighted by atomic mass is 19.1. The first kappa shape index (κ1) is 9.89. The summed E-state index contributed by atoms with van der Waals surface area (Å²) in [5.74, 6) is 0.0941. The highest BCUT2D eigenvalue weighted by molar-refractivity contribution is 5.21.